The summed E-state index contributed by atoms with van der Waals surface area (Å²) in [7, 11) is -1.50. The molecule has 0 saturated carbocycles. The van der Waals surface area contributed by atoms with Gasteiger partial charge in [0.2, 0.25) is 10.0 Å². The number of sulfonamides is 1. The van der Waals surface area contributed by atoms with E-state index < -0.39 is 10.0 Å². The lowest BCUT2D eigenvalue weighted by molar-refractivity contribution is 0.428. The molecule has 0 bridgehead atoms. The zero-order valence-electron chi connectivity index (χ0n) is 11.4. The summed E-state index contributed by atoms with van der Waals surface area (Å²) in [5, 5.41) is 3.98. The predicted molar refractivity (Wildman–Crippen MR) is 70.4 cm³/mol. The van der Waals surface area contributed by atoms with E-state index in [1.807, 2.05) is 20.8 Å². The van der Waals surface area contributed by atoms with Gasteiger partial charge >= 0.3 is 0 Å². The average molecular weight is 274 g/mol. The first-order chi connectivity index (χ1) is 8.37. The third-order valence-electron chi connectivity index (χ3n) is 2.76. The summed E-state index contributed by atoms with van der Waals surface area (Å²) in [5.41, 5.74) is 0. The molecule has 1 N–H and O–H groups in total. The summed E-state index contributed by atoms with van der Waals surface area (Å²) in [5.74, 6) is 0.916. The molecule has 0 saturated heterocycles. The van der Waals surface area contributed by atoms with Gasteiger partial charge in [-0.15, -0.1) is 0 Å². The van der Waals surface area contributed by atoms with E-state index in [0.717, 1.165) is 6.42 Å². The standard InChI is InChI=1S/C11H22N4O2S/c1-5-6-7-18(16,17)14-10(9(2)3)11-12-8-13-15(11)4/h8-10,14H,5-7H2,1-4H3/t10-/m1/s1. The van der Waals surface area contributed by atoms with Crippen LogP contribution in [0.4, 0.5) is 0 Å². The van der Waals surface area contributed by atoms with Crippen molar-refractivity contribution in [2.45, 2.75) is 39.7 Å². The van der Waals surface area contributed by atoms with Crippen LogP contribution in [-0.2, 0) is 17.1 Å². The first-order valence-electron chi connectivity index (χ1n) is 6.21. The lowest BCUT2D eigenvalue weighted by Crippen LogP contribution is -2.35. The van der Waals surface area contributed by atoms with Gasteiger partial charge < -0.3 is 0 Å². The third-order valence-corrected chi connectivity index (χ3v) is 4.20. The molecule has 6 nitrogen and oxygen atoms in total. The minimum Gasteiger partial charge on any atom is -0.252 e. The van der Waals surface area contributed by atoms with Crippen molar-refractivity contribution in [1.82, 2.24) is 19.5 Å². The van der Waals surface area contributed by atoms with E-state index in [9.17, 15) is 8.42 Å². The first kappa shape index (κ1) is 15.1. The highest BCUT2D eigenvalue weighted by molar-refractivity contribution is 7.89. The van der Waals surface area contributed by atoms with Crippen LogP contribution >= 0.6 is 0 Å². The molecule has 0 spiro atoms. The summed E-state index contributed by atoms with van der Waals surface area (Å²) in [6.45, 7) is 5.89. The van der Waals surface area contributed by atoms with Crippen molar-refractivity contribution in [3.63, 3.8) is 0 Å². The van der Waals surface area contributed by atoms with Crippen LogP contribution in [0.1, 0.15) is 45.5 Å². The van der Waals surface area contributed by atoms with Crippen molar-refractivity contribution >= 4 is 10.0 Å². The molecule has 0 aromatic carbocycles. The summed E-state index contributed by atoms with van der Waals surface area (Å²) in [4.78, 5) is 4.13. The lowest BCUT2D eigenvalue weighted by atomic mass is 10.1. The highest BCUT2D eigenvalue weighted by Gasteiger charge is 2.25. The summed E-state index contributed by atoms with van der Waals surface area (Å²) >= 11 is 0. The number of aromatic nitrogens is 3. The highest BCUT2D eigenvalue weighted by Crippen LogP contribution is 2.20. The molecule has 1 aromatic heterocycles. The fourth-order valence-corrected chi connectivity index (χ4v) is 3.21. The Morgan fingerprint density at radius 3 is 2.56 bits per heavy atom. The Balaban J connectivity index is 2.86. The minimum atomic E-state index is -3.26. The maximum Gasteiger partial charge on any atom is 0.212 e. The number of rotatable bonds is 7. The van der Waals surface area contributed by atoms with Gasteiger partial charge in [-0.05, 0) is 12.3 Å². The molecule has 104 valence electrons. The van der Waals surface area contributed by atoms with Gasteiger partial charge in [-0.1, -0.05) is 27.2 Å². The zero-order valence-corrected chi connectivity index (χ0v) is 12.2. The molecule has 1 atom stereocenters. The van der Waals surface area contributed by atoms with E-state index in [2.05, 4.69) is 14.8 Å². The molecular weight excluding hydrogens is 252 g/mol. The maximum atomic E-state index is 11.9. The van der Waals surface area contributed by atoms with Gasteiger partial charge in [-0.2, -0.15) is 5.10 Å². The Morgan fingerprint density at radius 2 is 2.11 bits per heavy atom. The molecule has 0 aliphatic rings. The van der Waals surface area contributed by atoms with Crippen LogP contribution in [0.3, 0.4) is 0 Å². The van der Waals surface area contributed by atoms with Crippen molar-refractivity contribution in [1.29, 1.82) is 0 Å². The van der Waals surface area contributed by atoms with E-state index in [4.69, 9.17) is 0 Å². The fraction of sp³-hybridized carbons (Fsp3) is 0.818. The van der Waals surface area contributed by atoms with Gasteiger partial charge in [0.1, 0.15) is 12.2 Å². The third kappa shape index (κ3) is 4.06. The molecule has 1 aromatic rings. The topological polar surface area (TPSA) is 76.9 Å². The van der Waals surface area contributed by atoms with E-state index >= 15 is 0 Å². The molecule has 18 heavy (non-hydrogen) atoms. The van der Waals surface area contributed by atoms with Gasteiger partial charge in [-0.25, -0.2) is 18.1 Å². The number of unbranched alkanes of at least 4 members (excludes halogenated alkanes) is 1. The number of nitrogens with zero attached hydrogens (tertiary/aromatic N) is 3. The van der Waals surface area contributed by atoms with Gasteiger partial charge in [-0.3, -0.25) is 4.68 Å². The molecule has 1 heterocycles. The molecule has 0 radical (unpaired) electrons. The van der Waals surface area contributed by atoms with Crippen molar-refractivity contribution in [3.8, 4) is 0 Å². The van der Waals surface area contributed by atoms with E-state index in [1.165, 1.54) is 6.33 Å². The van der Waals surface area contributed by atoms with E-state index in [1.54, 1.807) is 11.7 Å². The van der Waals surface area contributed by atoms with Crippen LogP contribution < -0.4 is 4.72 Å². The van der Waals surface area contributed by atoms with Crippen LogP contribution in [0.25, 0.3) is 0 Å². The Morgan fingerprint density at radius 1 is 1.44 bits per heavy atom. The number of aryl methyl sites for hydroxylation is 1. The number of hydrogen-bond acceptors (Lipinski definition) is 4. The van der Waals surface area contributed by atoms with Crippen molar-refractivity contribution in [2.24, 2.45) is 13.0 Å². The van der Waals surface area contributed by atoms with Crippen molar-refractivity contribution in [2.75, 3.05) is 5.75 Å². The molecule has 0 aliphatic carbocycles. The molecule has 1 rings (SSSR count). The van der Waals surface area contributed by atoms with Crippen molar-refractivity contribution < 1.29 is 8.42 Å². The minimum absolute atomic E-state index is 0.115. The quantitative estimate of drug-likeness (QED) is 0.811. The van der Waals surface area contributed by atoms with Crippen LogP contribution in [-0.4, -0.2) is 28.9 Å². The Hall–Kier alpha value is -0.950. The first-order valence-corrected chi connectivity index (χ1v) is 7.86. The summed E-state index contributed by atoms with van der Waals surface area (Å²) in [6.07, 6.45) is 2.96. The maximum absolute atomic E-state index is 11.9. The normalized spacial score (nSPS) is 14.1. The highest BCUT2D eigenvalue weighted by atomic mass is 32.2. The Kier molecular flexibility index (Phi) is 5.28. The summed E-state index contributed by atoms with van der Waals surface area (Å²) in [6, 6.07) is -0.334. The predicted octanol–water partition coefficient (Wildman–Crippen LogP) is 1.23. The average Bonchev–Trinajstić information content (AvgIpc) is 2.69. The van der Waals surface area contributed by atoms with Gasteiger partial charge in [0, 0.05) is 7.05 Å². The van der Waals surface area contributed by atoms with Crippen molar-refractivity contribution in [3.05, 3.63) is 12.2 Å². The van der Waals surface area contributed by atoms with E-state index in [-0.39, 0.29) is 17.7 Å². The SMILES string of the molecule is CCCCS(=O)(=O)N[C@@H](c1ncnn1C)C(C)C. The largest absolute Gasteiger partial charge is 0.252 e. The molecule has 0 amide bonds. The number of hydrogen-bond donors (Lipinski definition) is 1. The molecular formula is C11H22N4O2S. The van der Waals surface area contributed by atoms with Crippen LogP contribution in [0, 0.1) is 5.92 Å². The van der Waals surface area contributed by atoms with Gasteiger partial charge in [0.15, 0.2) is 0 Å². The Labute approximate surface area is 109 Å². The smallest absolute Gasteiger partial charge is 0.212 e. The monoisotopic (exact) mass is 274 g/mol. The van der Waals surface area contributed by atoms with Crippen LogP contribution in [0.15, 0.2) is 6.33 Å². The molecule has 0 fully saturated rings. The lowest BCUT2D eigenvalue weighted by Gasteiger charge is -2.21. The van der Waals surface area contributed by atoms with Gasteiger partial charge in [0.05, 0.1) is 11.8 Å². The van der Waals surface area contributed by atoms with Crippen LogP contribution in [0.5, 0.6) is 0 Å². The number of nitrogens with one attached hydrogen (secondary N) is 1. The van der Waals surface area contributed by atoms with E-state index in [0.29, 0.717) is 12.2 Å². The molecule has 0 unspecified atom stereocenters. The Bertz CT molecular complexity index is 467. The fourth-order valence-electron chi connectivity index (χ4n) is 1.66. The molecule has 7 heteroatoms. The van der Waals surface area contributed by atoms with Crippen LogP contribution in [0.2, 0.25) is 0 Å². The summed E-state index contributed by atoms with van der Waals surface area (Å²) < 4.78 is 28.2. The van der Waals surface area contributed by atoms with Gasteiger partial charge in [0.25, 0.3) is 0 Å². The molecule has 0 aliphatic heterocycles. The second kappa shape index (κ2) is 6.29. The second-order valence-corrected chi connectivity index (χ2v) is 6.63. The second-order valence-electron chi connectivity index (χ2n) is 4.75. The zero-order chi connectivity index (χ0) is 13.8.